The second-order valence-electron chi connectivity index (χ2n) is 4.87. The molecule has 0 radical (unpaired) electrons. The van der Waals surface area contributed by atoms with Crippen LogP contribution in [0.2, 0.25) is 0 Å². The number of nitrogens with zero attached hydrogens (tertiary/aromatic N) is 5. The molecule has 0 aliphatic heterocycles. The third-order valence-electron chi connectivity index (χ3n) is 3.26. The summed E-state index contributed by atoms with van der Waals surface area (Å²) in [6.45, 7) is 0.434. The van der Waals surface area contributed by atoms with Gasteiger partial charge in [-0.1, -0.05) is 17.3 Å². The molecular weight excluding hydrogens is 284 g/mol. The molecule has 114 valence electrons. The van der Waals surface area contributed by atoms with Crippen LogP contribution in [0, 0.1) is 0 Å². The van der Waals surface area contributed by atoms with Gasteiger partial charge in [0.15, 0.2) is 0 Å². The Kier molecular flexibility index (Phi) is 3.84. The molecule has 3 aromatic rings. The highest BCUT2D eigenvalue weighted by Gasteiger charge is 2.10. The fraction of sp³-hybridized carbons (Fsp3) is 0.286. The van der Waals surface area contributed by atoms with E-state index in [-0.39, 0.29) is 18.7 Å². The molecule has 0 atom stereocenters. The first-order chi connectivity index (χ1) is 10.7. The van der Waals surface area contributed by atoms with E-state index in [1.165, 1.54) is 4.57 Å². The number of aryl methyl sites for hydroxylation is 1. The summed E-state index contributed by atoms with van der Waals surface area (Å²) in [4.78, 5) is 17.0. The number of aromatic nitrogens is 5. The molecule has 2 N–H and O–H groups in total. The average Bonchev–Trinajstić information content (AvgIpc) is 2.94. The molecule has 0 amide bonds. The molecule has 0 bridgehead atoms. The Balaban J connectivity index is 1.99. The van der Waals surface area contributed by atoms with Crippen molar-refractivity contribution in [2.45, 2.75) is 13.1 Å². The highest BCUT2D eigenvalue weighted by Crippen LogP contribution is 2.11. The van der Waals surface area contributed by atoms with E-state index in [1.54, 1.807) is 36.1 Å². The van der Waals surface area contributed by atoms with Crippen molar-refractivity contribution in [3.8, 4) is 0 Å². The molecular formula is C14H16N6O2. The lowest BCUT2D eigenvalue weighted by molar-refractivity contribution is 0.275. The monoisotopic (exact) mass is 300 g/mol. The molecule has 0 aliphatic carbocycles. The highest BCUT2D eigenvalue weighted by molar-refractivity contribution is 5.78. The van der Waals surface area contributed by atoms with Crippen molar-refractivity contribution in [2.24, 2.45) is 7.05 Å². The molecule has 0 fully saturated rings. The fourth-order valence-corrected chi connectivity index (χ4v) is 2.26. The maximum atomic E-state index is 12.5. The van der Waals surface area contributed by atoms with Crippen molar-refractivity contribution in [1.29, 1.82) is 0 Å². The van der Waals surface area contributed by atoms with Crippen LogP contribution in [0.15, 0.2) is 35.3 Å². The maximum absolute atomic E-state index is 12.5. The van der Waals surface area contributed by atoms with Crippen molar-refractivity contribution in [1.82, 2.24) is 24.5 Å². The quantitative estimate of drug-likeness (QED) is 0.695. The maximum Gasteiger partial charge on any atom is 0.262 e. The van der Waals surface area contributed by atoms with E-state index in [0.29, 0.717) is 23.4 Å². The third-order valence-corrected chi connectivity index (χ3v) is 3.26. The highest BCUT2D eigenvalue weighted by atomic mass is 16.3. The van der Waals surface area contributed by atoms with Gasteiger partial charge >= 0.3 is 0 Å². The molecule has 3 rings (SSSR count). The lowest BCUT2D eigenvalue weighted by Crippen LogP contribution is -2.26. The molecule has 0 unspecified atom stereocenters. The average molecular weight is 300 g/mol. The van der Waals surface area contributed by atoms with Crippen LogP contribution in [0.1, 0.15) is 5.69 Å². The third kappa shape index (κ3) is 2.68. The van der Waals surface area contributed by atoms with Gasteiger partial charge in [0.25, 0.3) is 5.56 Å². The van der Waals surface area contributed by atoms with Gasteiger partial charge in [-0.2, -0.15) is 0 Å². The number of hydrogen-bond donors (Lipinski definition) is 2. The number of benzene rings is 1. The standard InChI is InChI=1S/C14H16N6O2/c1-19-9-10(17-18-19)8-15-14-16-12-5-3-2-4-11(12)13(22)20(14)6-7-21/h2-5,9,21H,6-8H2,1H3,(H,15,16). The van der Waals surface area contributed by atoms with E-state index in [2.05, 4.69) is 20.6 Å². The van der Waals surface area contributed by atoms with Gasteiger partial charge in [0.2, 0.25) is 5.95 Å². The van der Waals surface area contributed by atoms with Gasteiger partial charge in [-0.3, -0.25) is 14.0 Å². The van der Waals surface area contributed by atoms with Gasteiger partial charge in [-0.05, 0) is 12.1 Å². The summed E-state index contributed by atoms with van der Waals surface area (Å²) in [5, 5.41) is 20.6. The van der Waals surface area contributed by atoms with Crippen LogP contribution in [0.4, 0.5) is 5.95 Å². The molecule has 8 nitrogen and oxygen atoms in total. The van der Waals surface area contributed by atoms with Gasteiger partial charge in [0.1, 0.15) is 5.69 Å². The van der Waals surface area contributed by atoms with Crippen LogP contribution in [-0.4, -0.2) is 36.3 Å². The van der Waals surface area contributed by atoms with Crippen molar-refractivity contribution < 1.29 is 5.11 Å². The summed E-state index contributed by atoms with van der Waals surface area (Å²) >= 11 is 0. The Morgan fingerprint density at radius 3 is 2.86 bits per heavy atom. The number of fused-ring (bicyclic) bond motifs is 1. The van der Waals surface area contributed by atoms with Crippen molar-refractivity contribution in [3.05, 3.63) is 46.5 Å². The molecule has 0 saturated heterocycles. The van der Waals surface area contributed by atoms with Crippen molar-refractivity contribution in [3.63, 3.8) is 0 Å². The first-order valence-electron chi connectivity index (χ1n) is 6.88. The van der Waals surface area contributed by atoms with Crippen molar-refractivity contribution >= 4 is 16.9 Å². The van der Waals surface area contributed by atoms with Crippen LogP contribution in [0.25, 0.3) is 10.9 Å². The number of hydrogen-bond acceptors (Lipinski definition) is 6. The topological polar surface area (TPSA) is 97.9 Å². The Hall–Kier alpha value is -2.74. The summed E-state index contributed by atoms with van der Waals surface area (Å²) in [7, 11) is 1.78. The second-order valence-corrected chi connectivity index (χ2v) is 4.87. The van der Waals surface area contributed by atoms with E-state index >= 15 is 0 Å². The number of rotatable bonds is 5. The van der Waals surface area contributed by atoms with Gasteiger partial charge in [-0.25, -0.2) is 4.98 Å². The van der Waals surface area contributed by atoms with Crippen LogP contribution < -0.4 is 10.9 Å². The summed E-state index contributed by atoms with van der Waals surface area (Å²) < 4.78 is 3.03. The van der Waals surface area contributed by atoms with E-state index in [4.69, 9.17) is 0 Å². The Bertz CT molecular complexity index is 854. The molecule has 0 aliphatic rings. The van der Waals surface area contributed by atoms with E-state index in [9.17, 15) is 9.90 Å². The van der Waals surface area contributed by atoms with E-state index < -0.39 is 0 Å². The minimum Gasteiger partial charge on any atom is -0.395 e. The lowest BCUT2D eigenvalue weighted by atomic mass is 10.2. The van der Waals surface area contributed by atoms with Gasteiger partial charge in [0, 0.05) is 13.2 Å². The fourth-order valence-electron chi connectivity index (χ4n) is 2.26. The minimum atomic E-state index is -0.179. The van der Waals surface area contributed by atoms with E-state index in [1.807, 2.05) is 6.07 Å². The van der Waals surface area contributed by atoms with Crippen LogP contribution in [0.3, 0.4) is 0 Å². The number of anilines is 1. The first kappa shape index (κ1) is 14.2. The van der Waals surface area contributed by atoms with Gasteiger partial charge < -0.3 is 10.4 Å². The van der Waals surface area contributed by atoms with E-state index in [0.717, 1.165) is 5.69 Å². The predicted octanol–water partition coefficient (Wildman–Crippen LogP) is 0.129. The zero-order valence-corrected chi connectivity index (χ0v) is 12.1. The Labute approximate surface area is 126 Å². The van der Waals surface area contributed by atoms with Crippen molar-refractivity contribution in [2.75, 3.05) is 11.9 Å². The molecule has 22 heavy (non-hydrogen) atoms. The smallest absolute Gasteiger partial charge is 0.262 e. The lowest BCUT2D eigenvalue weighted by Gasteiger charge is -2.13. The molecule has 2 aromatic heterocycles. The van der Waals surface area contributed by atoms with Crippen LogP contribution in [0.5, 0.6) is 0 Å². The number of para-hydroxylation sites is 1. The molecule has 8 heteroatoms. The number of aliphatic hydroxyl groups is 1. The summed E-state index contributed by atoms with van der Waals surface area (Å²) in [6.07, 6.45) is 1.78. The zero-order chi connectivity index (χ0) is 15.5. The molecule has 0 spiro atoms. The summed E-state index contributed by atoms with van der Waals surface area (Å²) in [5.41, 5.74) is 1.17. The minimum absolute atomic E-state index is 0.139. The normalized spacial score (nSPS) is 11.0. The van der Waals surface area contributed by atoms with Gasteiger partial charge in [0.05, 0.1) is 30.6 Å². The summed E-state index contributed by atoms with van der Waals surface area (Å²) in [5.74, 6) is 0.406. The Morgan fingerprint density at radius 1 is 1.32 bits per heavy atom. The second kappa shape index (κ2) is 5.94. The SMILES string of the molecule is Cn1cc(CNc2nc3ccccc3c(=O)n2CCO)nn1. The molecule has 1 aromatic carbocycles. The van der Waals surface area contributed by atoms with Crippen LogP contribution >= 0.6 is 0 Å². The number of nitrogens with one attached hydrogen (secondary N) is 1. The largest absolute Gasteiger partial charge is 0.395 e. The summed E-state index contributed by atoms with van der Waals surface area (Å²) in [6, 6.07) is 7.14. The molecule has 0 saturated carbocycles. The first-order valence-corrected chi connectivity index (χ1v) is 6.88. The Morgan fingerprint density at radius 2 is 2.14 bits per heavy atom. The zero-order valence-electron chi connectivity index (χ0n) is 12.1. The van der Waals surface area contributed by atoms with Crippen LogP contribution in [-0.2, 0) is 20.1 Å². The predicted molar refractivity (Wildman–Crippen MR) is 81.4 cm³/mol. The van der Waals surface area contributed by atoms with Gasteiger partial charge in [-0.15, -0.1) is 5.10 Å². The molecule has 2 heterocycles. The number of aliphatic hydroxyl groups excluding tert-OH is 1.